The van der Waals surface area contributed by atoms with E-state index < -0.39 is 80.5 Å². The molecule has 32 heteroatoms. The monoisotopic (exact) mass is 1500 g/mol. The van der Waals surface area contributed by atoms with Crippen LogP contribution in [0.25, 0.3) is 0 Å². The molecular formula is C73H133N13O19. The van der Waals surface area contributed by atoms with Gasteiger partial charge in [-0.05, 0) is 236 Å². The number of hydrogen-bond donors (Lipinski definition) is 4. The molecule has 0 saturated heterocycles. The molecule has 6 fully saturated rings. The number of hydrogen-bond acceptors (Lipinski definition) is 25. The molecule has 6 amide bonds. The van der Waals surface area contributed by atoms with E-state index >= 15 is 0 Å². The van der Waals surface area contributed by atoms with Crippen LogP contribution < -0.4 is 11.2 Å². The molecule has 6 saturated carbocycles. The van der Waals surface area contributed by atoms with Crippen LogP contribution in [0.2, 0.25) is 0 Å². The van der Waals surface area contributed by atoms with Crippen molar-refractivity contribution in [1.29, 1.82) is 0 Å². The zero-order valence-corrected chi connectivity index (χ0v) is 68.4. The molecule has 8 rings (SSSR count). The number of aromatic nitrogens is 2. The summed E-state index contributed by atoms with van der Waals surface area (Å²) in [6.07, 6.45) is 14.0. The molecule has 0 atom stereocenters. The summed E-state index contributed by atoms with van der Waals surface area (Å²) in [4.78, 5) is 124. The van der Waals surface area contributed by atoms with Gasteiger partial charge in [-0.1, -0.05) is 17.7 Å². The van der Waals surface area contributed by atoms with E-state index in [4.69, 9.17) is 47.9 Å². The van der Waals surface area contributed by atoms with E-state index in [0.29, 0.717) is 44.7 Å². The van der Waals surface area contributed by atoms with Gasteiger partial charge in [-0.3, -0.25) is 53.5 Å². The molecule has 0 spiro atoms. The normalized spacial score (nSPS) is 17.0. The second kappa shape index (κ2) is 38.8. The lowest BCUT2D eigenvalue weighted by molar-refractivity contribution is -0.175. The molecule has 0 aromatic carbocycles. The van der Waals surface area contributed by atoms with Gasteiger partial charge in [0.25, 0.3) is 5.91 Å². The summed E-state index contributed by atoms with van der Waals surface area (Å²) in [5.41, 5.74) is -6.04. The Bertz CT molecular complexity index is 3050. The van der Waals surface area contributed by atoms with Gasteiger partial charge in [0, 0.05) is 74.7 Å². The van der Waals surface area contributed by atoms with Crippen molar-refractivity contribution < 1.29 is 91.0 Å². The van der Waals surface area contributed by atoms with E-state index in [2.05, 4.69) is 66.4 Å². The predicted octanol–water partition coefficient (Wildman–Crippen LogP) is 10.7. The molecule has 0 aliphatic heterocycles. The number of likely N-dealkylation sites (N-methyl/N-ethyl adjacent to an activating group) is 5. The molecule has 0 radical (unpaired) electrons. The van der Waals surface area contributed by atoms with Gasteiger partial charge in [-0.25, -0.2) is 39.7 Å². The number of carbonyl (C=O) groups is 9. The van der Waals surface area contributed by atoms with Crippen LogP contribution in [-0.2, 0) is 58.8 Å². The summed E-state index contributed by atoms with van der Waals surface area (Å²) in [5.74, 6) is 4.00. The van der Waals surface area contributed by atoms with Crippen molar-refractivity contribution in [3.05, 3.63) is 48.3 Å². The maximum atomic E-state index is 12.2. The molecule has 2 aromatic rings. The quantitative estimate of drug-likeness (QED) is 0.0495. The van der Waals surface area contributed by atoms with Crippen molar-refractivity contribution in [1.82, 2.24) is 59.9 Å². The molecular weight excluding hydrogens is 1360 g/mol. The van der Waals surface area contributed by atoms with Gasteiger partial charge in [0.1, 0.15) is 55.7 Å². The highest BCUT2D eigenvalue weighted by molar-refractivity contribution is 6.02. The minimum atomic E-state index is -1.03. The fraction of sp³-hybridized carbons (Fsp3) is 0.767. The number of Topliss-reactive ketones (excluding diaryl/α,β-unsaturated/α-hetero) is 1. The summed E-state index contributed by atoms with van der Waals surface area (Å²) in [6, 6.07) is 3.72. The largest absolute Gasteiger partial charge is 0.479 e. The van der Waals surface area contributed by atoms with Gasteiger partial charge in [-0.15, -0.1) is 0 Å². The van der Waals surface area contributed by atoms with Crippen LogP contribution in [0.5, 0.6) is 0 Å². The van der Waals surface area contributed by atoms with Crippen molar-refractivity contribution in [2.45, 2.75) is 270 Å². The number of carboxylic acid groups (broad SMARTS) is 1. The van der Waals surface area contributed by atoms with Crippen LogP contribution in [0, 0.1) is 0 Å². The molecule has 6 aliphatic rings. The lowest BCUT2D eigenvalue weighted by Crippen LogP contribution is -2.51. The third kappa shape index (κ3) is 29.9. The standard InChI is InChI=1S/C14H24N2O3.C12H22N2O4.C12H18N2O3.C11H19NO3.C10H17NO4.C7H10N2O.C6H16N2.CH4.H3NO/c1-13(2,3)19-12(18)16(6)14(8-9-14)11(17)7-10-15(4)5;1-11(2,3)18-10(16)13(4)12(7-8-12)9(15)14(5)17-6;1-11(2,3)16-10(15)14(4)12(6-7-12)9-5-8-13-17-9;1-8(13)11(6-7-11)12(5)9(14)15-10(2,3)4;1-9(2,3)15-8(14)11(4)10(5-6-10)7(12)13;1-8-7(3-4-7)6-2-5-9-10-6;1-6(7(2)3)8(4)5;;1-2/h7,10H,8-9H2,1-6H3;7-8H2,1-6H3;5,8H,6-7H2,1-4H3;6-7H2,1-5H3;5-6H2,1-4H3,(H,12,13);2,5,8H,3-4H2,1H3;6H,1-5H3;1H4;2H,1H2/b10-7+;;;;;;;;. The van der Waals surface area contributed by atoms with E-state index in [0.717, 1.165) is 42.3 Å². The van der Waals surface area contributed by atoms with Crippen molar-refractivity contribution in [2.75, 3.05) is 98.7 Å². The van der Waals surface area contributed by atoms with Crippen molar-refractivity contribution in [3.8, 4) is 0 Å². The maximum absolute atomic E-state index is 12.2. The molecule has 0 bridgehead atoms. The highest BCUT2D eigenvalue weighted by atomic mass is 16.7. The number of ether oxygens (including phenoxy) is 5. The van der Waals surface area contributed by atoms with Gasteiger partial charge >= 0.3 is 36.4 Å². The average molecular weight is 1500 g/mol. The predicted molar refractivity (Wildman–Crippen MR) is 397 cm³/mol. The molecule has 604 valence electrons. The molecule has 2 heterocycles. The van der Waals surface area contributed by atoms with Crippen LogP contribution in [-0.4, -0.2) is 274 Å². The summed E-state index contributed by atoms with van der Waals surface area (Å²) < 4.78 is 36.4. The Kier molecular flexibility index (Phi) is 35.9. The first-order valence-electron chi connectivity index (χ1n) is 34.8. The first-order valence-corrected chi connectivity index (χ1v) is 34.8. The number of hydroxylamine groups is 2. The number of aliphatic carboxylic acids is 1. The maximum Gasteiger partial charge on any atom is 0.410 e. The van der Waals surface area contributed by atoms with E-state index in [9.17, 15) is 43.2 Å². The van der Waals surface area contributed by atoms with Crippen LogP contribution in [0.3, 0.4) is 0 Å². The Balaban J connectivity index is 0.00000121. The first-order chi connectivity index (χ1) is 47.4. The van der Waals surface area contributed by atoms with Gasteiger partial charge in [0.2, 0.25) is 0 Å². The van der Waals surface area contributed by atoms with Crippen LogP contribution in [0.1, 0.15) is 214 Å². The van der Waals surface area contributed by atoms with Crippen molar-refractivity contribution >= 4 is 53.9 Å². The van der Waals surface area contributed by atoms with Crippen molar-refractivity contribution in [3.63, 3.8) is 0 Å². The third-order valence-corrected chi connectivity index (χ3v) is 17.7. The Labute approximate surface area is 625 Å². The highest BCUT2D eigenvalue weighted by Crippen LogP contribution is 2.51. The topological polar surface area (TPSA) is 369 Å². The molecule has 2 aromatic heterocycles. The molecule has 32 nitrogen and oxygen atoms in total. The fourth-order valence-electron chi connectivity index (χ4n) is 9.79. The smallest absolute Gasteiger partial charge is 0.410 e. The van der Waals surface area contributed by atoms with Gasteiger partial charge < -0.3 is 53.3 Å². The third-order valence-electron chi connectivity index (χ3n) is 17.7. The highest BCUT2D eigenvalue weighted by Gasteiger charge is 2.59. The fourth-order valence-corrected chi connectivity index (χ4v) is 9.79. The number of nitrogens with two attached hydrogens (primary N) is 1. The van der Waals surface area contributed by atoms with Gasteiger partial charge in [0.15, 0.2) is 23.1 Å². The van der Waals surface area contributed by atoms with E-state index in [-0.39, 0.29) is 42.1 Å². The van der Waals surface area contributed by atoms with E-state index in [1.807, 2.05) is 89.5 Å². The lowest BCUT2D eigenvalue weighted by atomic mass is 10.1. The van der Waals surface area contributed by atoms with Crippen LogP contribution in [0.15, 0.2) is 45.8 Å². The van der Waals surface area contributed by atoms with Crippen molar-refractivity contribution in [2.24, 2.45) is 5.90 Å². The number of carboxylic acids is 1. The Morgan fingerprint density at radius 2 is 0.800 bits per heavy atom. The molecule has 0 unspecified atom stereocenters. The summed E-state index contributed by atoms with van der Waals surface area (Å²) in [6.45, 7) is 30.7. The number of amides is 6. The zero-order valence-electron chi connectivity index (χ0n) is 68.4. The van der Waals surface area contributed by atoms with Crippen LogP contribution >= 0.6 is 0 Å². The van der Waals surface area contributed by atoms with Crippen LogP contribution in [0.4, 0.5) is 24.0 Å². The van der Waals surface area contributed by atoms with Gasteiger partial charge in [-0.2, -0.15) is 0 Å². The number of nitrogens with one attached hydrogen (secondary N) is 1. The second-order valence-electron chi connectivity index (χ2n) is 32.5. The zero-order chi connectivity index (χ0) is 81.1. The Morgan fingerprint density at radius 3 is 1.03 bits per heavy atom. The number of nitrogens with zero attached hydrogens (tertiary/aromatic N) is 11. The minimum absolute atomic E-state index is 0. The molecule has 6 aliphatic carbocycles. The average Bonchev–Trinajstić information content (AvgIpc) is 1.63. The SMILES string of the molecule is C.CC(=O)C1(N(C)C(=O)OC(C)(C)C)CC1.CC(N(C)C)N(C)C.CN(C(=O)OC(C)(C)C)C1(C(=O)O)CC1.CN(C(=O)OC(C)(C)C)C1(c2ccno2)CC1.CN(C)/C=C/C(=O)C1(N(C)C(=O)OC(C)(C)C)CC1.CNC1(c2ccno2)CC1.CON(C)C(=O)C1(N(C)C(=O)OC(C)(C)C)CC1.NO. The first kappa shape index (κ1) is 97.3. The molecule has 5 N–H and O–H groups in total. The number of rotatable bonds is 17. The number of ketones is 2. The summed E-state index contributed by atoms with van der Waals surface area (Å²) >= 11 is 0. The number of carbonyl (C=O) groups excluding carboxylic acids is 8. The second-order valence-corrected chi connectivity index (χ2v) is 32.5. The minimum Gasteiger partial charge on any atom is -0.479 e. The van der Waals surface area contributed by atoms with Gasteiger partial charge in [0.05, 0.1) is 31.2 Å². The Hall–Kier alpha value is -7.65. The summed E-state index contributed by atoms with van der Waals surface area (Å²) in [5, 5.41) is 27.2. The van der Waals surface area contributed by atoms with E-state index in [1.165, 1.54) is 66.6 Å². The van der Waals surface area contributed by atoms with E-state index in [1.54, 1.807) is 104 Å². The summed E-state index contributed by atoms with van der Waals surface area (Å²) in [7, 11) is 24.9. The lowest BCUT2D eigenvalue weighted by Gasteiger charge is -2.31. The Morgan fingerprint density at radius 1 is 0.495 bits per heavy atom. The molecule has 105 heavy (non-hydrogen) atoms.